The first-order valence-electron chi connectivity index (χ1n) is 8.02. The Labute approximate surface area is 126 Å². The van der Waals surface area contributed by atoms with Crippen molar-refractivity contribution >= 4 is 11.1 Å². The molecule has 2 aromatic rings. The zero-order valence-electron chi connectivity index (χ0n) is 13.5. The van der Waals surface area contributed by atoms with Crippen molar-refractivity contribution in [1.82, 2.24) is 9.88 Å². The molecule has 116 valence electrons. The van der Waals surface area contributed by atoms with Crippen molar-refractivity contribution in [3.63, 3.8) is 0 Å². The number of nitrogens with one attached hydrogen (secondary N) is 1. The van der Waals surface area contributed by atoms with E-state index in [-0.39, 0.29) is 5.76 Å². The molecule has 0 saturated heterocycles. The second kappa shape index (κ2) is 6.94. The SMILES string of the molecule is CCNC(c1ccc2c(c1)oc(=O)n2CC)C(CC)CC. The van der Waals surface area contributed by atoms with E-state index in [9.17, 15) is 4.79 Å². The maximum atomic E-state index is 11.8. The van der Waals surface area contributed by atoms with Crippen LogP contribution in [0.1, 0.15) is 52.1 Å². The van der Waals surface area contributed by atoms with Crippen molar-refractivity contribution in [2.24, 2.45) is 5.92 Å². The zero-order chi connectivity index (χ0) is 15.4. The van der Waals surface area contributed by atoms with E-state index in [0.29, 0.717) is 24.1 Å². The molecule has 0 fully saturated rings. The van der Waals surface area contributed by atoms with E-state index in [4.69, 9.17) is 4.42 Å². The summed E-state index contributed by atoms with van der Waals surface area (Å²) in [6.45, 7) is 10.1. The van der Waals surface area contributed by atoms with Crippen LogP contribution in [0.15, 0.2) is 27.4 Å². The van der Waals surface area contributed by atoms with E-state index in [0.717, 1.165) is 24.9 Å². The summed E-state index contributed by atoms with van der Waals surface area (Å²) < 4.78 is 7.05. The van der Waals surface area contributed by atoms with Crippen LogP contribution in [-0.4, -0.2) is 11.1 Å². The van der Waals surface area contributed by atoms with Gasteiger partial charge in [0, 0.05) is 12.6 Å². The first kappa shape index (κ1) is 15.8. The molecule has 0 bridgehead atoms. The quantitative estimate of drug-likeness (QED) is 0.845. The Bertz CT molecular complexity index is 638. The van der Waals surface area contributed by atoms with Crippen LogP contribution >= 0.6 is 0 Å². The van der Waals surface area contributed by atoms with Gasteiger partial charge >= 0.3 is 5.76 Å². The number of oxazole rings is 1. The Hall–Kier alpha value is -1.55. The first-order valence-corrected chi connectivity index (χ1v) is 8.02. The van der Waals surface area contributed by atoms with Gasteiger partial charge in [0.2, 0.25) is 0 Å². The topological polar surface area (TPSA) is 47.2 Å². The maximum Gasteiger partial charge on any atom is 0.419 e. The Kier molecular flexibility index (Phi) is 5.23. The fourth-order valence-corrected chi connectivity index (χ4v) is 3.11. The molecule has 1 heterocycles. The molecule has 0 radical (unpaired) electrons. The number of fused-ring (bicyclic) bond motifs is 1. The van der Waals surface area contributed by atoms with Gasteiger partial charge in [-0.1, -0.05) is 39.7 Å². The lowest BCUT2D eigenvalue weighted by Crippen LogP contribution is -2.27. The molecule has 21 heavy (non-hydrogen) atoms. The van der Waals surface area contributed by atoms with Crippen LogP contribution in [0, 0.1) is 5.92 Å². The van der Waals surface area contributed by atoms with Crippen molar-refractivity contribution in [3.8, 4) is 0 Å². The van der Waals surface area contributed by atoms with Gasteiger partial charge < -0.3 is 9.73 Å². The third kappa shape index (κ3) is 3.05. The Morgan fingerprint density at radius 2 is 1.90 bits per heavy atom. The molecular formula is C17H26N2O2. The number of hydrogen-bond donors (Lipinski definition) is 1. The summed E-state index contributed by atoms with van der Waals surface area (Å²) in [5.74, 6) is 0.314. The number of aromatic nitrogens is 1. The fraction of sp³-hybridized carbons (Fsp3) is 0.588. The second-order valence-electron chi connectivity index (χ2n) is 5.45. The highest BCUT2D eigenvalue weighted by Gasteiger charge is 2.20. The van der Waals surface area contributed by atoms with Gasteiger partial charge in [-0.3, -0.25) is 4.57 Å². The van der Waals surface area contributed by atoms with Gasteiger partial charge in [0.05, 0.1) is 5.52 Å². The minimum atomic E-state index is -0.271. The molecule has 1 N–H and O–H groups in total. The molecule has 0 aliphatic rings. The highest BCUT2D eigenvalue weighted by Crippen LogP contribution is 2.29. The Morgan fingerprint density at radius 1 is 1.19 bits per heavy atom. The van der Waals surface area contributed by atoms with Gasteiger partial charge in [0.1, 0.15) is 0 Å². The largest absolute Gasteiger partial charge is 0.419 e. The van der Waals surface area contributed by atoms with Crippen LogP contribution in [0.3, 0.4) is 0 Å². The predicted molar refractivity (Wildman–Crippen MR) is 86.6 cm³/mol. The monoisotopic (exact) mass is 290 g/mol. The molecule has 4 heteroatoms. The number of aryl methyl sites for hydroxylation is 1. The lowest BCUT2D eigenvalue weighted by Gasteiger charge is -2.26. The summed E-state index contributed by atoms with van der Waals surface area (Å²) in [7, 11) is 0. The predicted octanol–water partition coefficient (Wildman–Crippen LogP) is 3.70. The molecule has 1 aromatic carbocycles. The van der Waals surface area contributed by atoms with E-state index in [1.165, 1.54) is 5.56 Å². The summed E-state index contributed by atoms with van der Waals surface area (Å²) in [5, 5.41) is 3.57. The van der Waals surface area contributed by atoms with E-state index in [1.807, 2.05) is 19.1 Å². The van der Waals surface area contributed by atoms with Gasteiger partial charge in [-0.15, -0.1) is 0 Å². The zero-order valence-corrected chi connectivity index (χ0v) is 13.5. The smallest absolute Gasteiger partial charge is 0.408 e. The Balaban J connectivity index is 2.46. The van der Waals surface area contributed by atoms with Gasteiger partial charge in [-0.25, -0.2) is 4.79 Å². The van der Waals surface area contributed by atoms with Crippen LogP contribution in [0.25, 0.3) is 11.1 Å². The number of nitrogens with zero attached hydrogens (tertiary/aromatic N) is 1. The van der Waals surface area contributed by atoms with Crippen LogP contribution in [-0.2, 0) is 6.54 Å². The van der Waals surface area contributed by atoms with Crippen molar-refractivity contribution in [2.45, 2.75) is 53.1 Å². The molecule has 1 unspecified atom stereocenters. The van der Waals surface area contributed by atoms with Crippen molar-refractivity contribution in [2.75, 3.05) is 6.54 Å². The summed E-state index contributed by atoms with van der Waals surface area (Å²) in [4.78, 5) is 11.8. The molecule has 1 atom stereocenters. The van der Waals surface area contributed by atoms with E-state index in [1.54, 1.807) is 4.57 Å². The van der Waals surface area contributed by atoms with Gasteiger partial charge in [0.25, 0.3) is 0 Å². The molecule has 0 amide bonds. The average Bonchev–Trinajstić information content (AvgIpc) is 2.81. The van der Waals surface area contributed by atoms with Gasteiger partial charge in [-0.2, -0.15) is 0 Å². The van der Waals surface area contributed by atoms with Crippen LogP contribution in [0.2, 0.25) is 0 Å². The van der Waals surface area contributed by atoms with E-state index < -0.39 is 0 Å². The number of rotatable bonds is 7. The average molecular weight is 290 g/mol. The molecule has 0 spiro atoms. The molecule has 0 saturated carbocycles. The fourth-order valence-electron chi connectivity index (χ4n) is 3.11. The van der Waals surface area contributed by atoms with E-state index in [2.05, 4.69) is 32.2 Å². The normalized spacial score (nSPS) is 13.2. The molecule has 0 aliphatic heterocycles. The standard InChI is InChI=1S/C17H26N2O2/c1-5-12(6-2)16(18-7-3)13-9-10-14-15(11-13)21-17(20)19(14)8-4/h9-12,16,18H,5-8H2,1-4H3. The summed E-state index contributed by atoms with van der Waals surface area (Å²) in [5.41, 5.74) is 2.77. The van der Waals surface area contributed by atoms with Gasteiger partial charge in [0.15, 0.2) is 5.58 Å². The highest BCUT2D eigenvalue weighted by atomic mass is 16.4. The molecular weight excluding hydrogens is 264 g/mol. The third-order valence-corrected chi connectivity index (χ3v) is 4.31. The second-order valence-corrected chi connectivity index (χ2v) is 5.45. The van der Waals surface area contributed by atoms with Crippen molar-refractivity contribution in [1.29, 1.82) is 0 Å². The van der Waals surface area contributed by atoms with E-state index >= 15 is 0 Å². The minimum absolute atomic E-state index is 0.271. The molecule has 2 rings (SSSR count). The summed E-state index contributed by atoms with van der Waals surface area (Å²) in [6, 6.07) is 6.46. The van der Waals surface area contributed by atoms with Crippen LogP contribution in [0.4, 0.5) is 0 Å². The van der Waals surface area contributed by atoms with Crippen LogP contribution in [0.5, 0.6) is 0 Å². The minimum Gasteiger partial charge on any atom is -0.408 e. The Morgan fingerprint density at radius 3 is 2.48 bits per heavy atom. The summed E-state index contributed by atoms with van der Waals surface area (Å²) >= 11 is 0. The van der Waals surface area contributed by atoms with Crippen molar-refractivity contribution in [3.05, 3.63) is 34.3 Å². The third-order valence-electron chi connectivity index (χ3n) is 4.31. The highest BCUT2D eigenvalue weighted by molar-refractivity contribution is 5.74. The van der Waals surface area contributed by atoms with Crippen molar-refractivity contribution < 1.29 is 4.42 Å². The maximum absolute atomic E-state index is 11.8. The van der Waals surface area contributed by atoms with Crippen LogP contribution < -0.4 is 11.1 Å². The lowest BCUT2D eigenvalue weighted by molar-refractivity contribution is 0.346. The first-order chi connectivity index (χ1) is 10.2. The number of benzene rings is 1. The molecule has 1 aromatic heterocycles. The molecule has 0 aliphatic carbocycles. The summed E-state index contributed by atoms with van der Waals surface area (Å²) in [6.07, 6.45) is 2.26. The molecule has 4 nitrogen and oxygen atoms in total. The number of hydrogen-bond acceptors (Lipinski definition) is 3. The van der Waals surface area contributed by atoms with Gasteiger partial charge in [-0.05, 0) is 37.1 Å². The lowest BCUT2D eigenvalue weighted by atomic mass is 9.88.